The number of hydrogen-bond donors (Lipinski definition) is 1. The minimum Gasteiger partial charge on any atom is -0.462 e. The Labute approximate surface area is 160 Å². The fourth-order valence-corrected chi connectivity index (χ4v) is 4.60. The van der Waals surface area contributed by atoms with Crippen molar-refractivity contribution in [3.63, 3.8) is 0 Å². The Morgan fingerprint density at radius 3 is 2.37 bits per heavy atom. The molecule has 1 saturated carbocycles. The summed E-state index contributed by atoms with van der Waals surface area (Å²) in [7, 11) is -3.79. The molecule has 0 amide bonds. The van der Waals surface area contributed by atoms with E-state index in [4.69, 9.17) is 4.74 Å². The molecule has 0 radical (unpaired) electrons. The van der Waals surface area contributed by atoms with Crippen LogP contribution in [0.3, 0.4) is 0 Å². The van der Waals surface area contributed by atoms with Crippen LogP contribution in [0.5, 0.6) is 0 Å². The van der Waals surface area contributed by atoms with Gasteiger partial charge in [-0.05, 0) is 55.5 Å². The normalized spacial score (nSPS) is 15.3. The second-order valence-corrected chi connectivity index (χ2v) is 8.46. The lowest BCUT2D eigenvalue weighted by atomic mass is 9.84. The first kappa shape index (κ1) is 19.4. The standard InChI is InChI=1S/C21H25NO4S/c1-2-26-21(23)19-10-6-7-11-20(19)22-27(24,25)18-14-12-17(13-15-18)16-8-4-3-5-9-16/h6-7,10-16,22H,2-5,8-9H2,1H3. The van der Waals surface area contributed by atoms with Crippen LogP contribution in [0, 0.1) is 0 Å². The lowest BCUT2D eigenvalue weighted by Crippen LogP contribution is -2.16. The highest BCUT2D eigenvalue weighted by Gasteiger charge is 2.20. The molecule has 1 aliphatic rings. The molecule has 2 aromatic carbocycles. The number of nitrogens with one attached hydrogen (secondary N) is 1. The maximum Gasteiger partial charge on any atom is 0.340 e. The minimum absolute atomic E-state index is 0.181. The van der Waals surface area contributed by atoms with Gasteiger partial charge in [0, 0.05) is 0 Å². The first-order valence-electron chi connectivity index (χ1n) is 9.40. The number of para-hydroxylation sites is 1. The predicted molar refractivity (Wildman–Crippen MR) is 105 cm³/mol. The Balaban J connectivity index is 1.80. The Kier molecular flexibility index (Phi) is 6.16. The molecule has 5 nitrogen and oxygen atoms in total. The number of carbonyl (C=O) groups excluding carboxylic acids is 1. The number of anilines is 1. The zero-order valence-electron chi connectivity index (χ0n) is 15.5. The van der Waals surface area contributed by atoms with Gasteiger partial charge in [-0.1, -0.05) is 43.5 Å². The molecule has 1 aliphatic carbocycles. The van der Waals surface area contributed by atoms with Crippen molar-refractivity contribution in [3.05, 3.63) is 59.7 Å². The molecule has 0 heterocycles. The van der Waals surface area contributed by atoms with Crippen molar-refractivity contribution in [3.8, 4) is 0 Å². The Hall–Kier alpha value is -2.34. The van der Waals surface area contributed by atoms with Gasteiger partial charge in [-0.2, -0.15) is 0 Å². The zero-order valence-corrected chi connectivity index (χ0v) is 16.3. The van der Waals surface area contributed by atoms with Crippen LogP contribution >= 0.6 is 0 Å². The van der Waals surface area contributed by atoms with Crippen molar-refractivity contribution >= 4 is 21.7 Å². The van der Waals surface area contributed by atoms with Crippen molar-refractivity contribution in [2.45, 2.75) is 49.8 Å². The van der Waals surface area contributed by atoms with E-state index >= 15 is 0 Å². The highest BCUT2D eigenvalue weighted by molar-refractivity contribution is 7.92. The van der Waals surface area contributed by atoms with Gasteiger partial charge in [0.05, 0.1) is 22.8 Å². The van der Waals surface area contributed by atoms with Gasteiger partial charge in [0.1, 0.15) is 0 Å². The van der Waals surface area contributed by atoms with Gasteiger partial charge in [0.15, 0.2) is 0 Å². The van der Waals surface area contributed by atoms with Gasteiger partial charge >= 0.3 is 5.97 Å². The fourth-order valence-electron chi connectivity index (χ4n) is 3.52. The molecule has 144 valence electrons. The number of esters is 1. The third kappa shape index (κ3) is 4.69. The number of benzene rings is 2. The van der Waals surface area contributed by atoms with E-state index in [2.05, 4.69) is 4.72 Å². The number of ether oxygens (including phenoxy) is 1. The second kappa shape index (κ2) is 8.57. The Morgan fingerprint density at radius 1 is 1.04 bits per heavy atom. The molecule has 0 bridgehead atoms. The summed E-state index contributed by atoms with van der Waals surface area (Å²) in [5, 5.41) is 0. The minimum atomic E-state index is -3.79. The molecule has 0 spiro atoms. The highest BCUT2D eigenvalue weighted by Crippen LogP contribution is 2.33. The molecule has 0 saturated heterocycles. The van der Waals surface area contributed by atoms with Crippen molar-refractivity contribution in [2.75, 3.05) is 11.3 Å². The van der Waals surface area contributed by atoms with E-state index in [9.17, 15) is 13.2 Å². The molecule has 2 aromatic rings. The van der Waals surface area contributed by atoms with E-state index < -0.39 is 16.0 Å². The molecule has 27 heavy (non-hydrogen) atoms. The van der Waals surface area contributed by atoms with E-state index in [1.165, 1.54) is 24.8 Å². The van der Waals surface area contributed by atoms with Crippen molar-refractivity contribution in [1.29, 1.82) is 0 Å². The van der Waals surface area contributed by atoms with Crippen LogP contribution in [-0.4, -0.2) is 21.0 Å². The molecule has 0 atom stereocenters. The van der Waals surface area contributed by atoms with E-state index in [1.54, 1.807) is 43.3 Å². The maximum absolute atomic E-state index is 12.8. The molecular formula is C21H25NO4S. The lowest BCUT2D eigenvalue weighted by molar-refractivity contribution is 0.0527. The smallest absolute Gasteiger partial charge is 0.340 e. The summed E-state index contributed by atoms with van der Waals surface area (Å²) < 4.78 is 33.0. The lowest BCUT2D eigenvalue weighted by Gasteiger charge is -2.22. The number of carbonyl (C=O) groups is 1. The molecule has 0 unspecified atom stereocenters. The van der Waals surface area contributed by atoms with Gasteiger partial charge in [-0.15, -0.1) is 0 Å². The van der Waals surface area contributed by atoms with Gasteiger partial charge in [0.25, 0.3) is 10.0 Å². The summed E-state index contributed by atoms with van der Waals surface area (Å²) in [4.78, 5) is 12.2. The van der Waals surface area contributed by atoms with Crippen LogP contribution in [0.2, 0.25) is 0 Å². The average Bonchev–Trinajstić information content (AvgIpc) is 2.69. The first-order valence-corrected chi connectivity index (χ1v) is 10.9. The SMILES string of the molecule is CCOC(=O)c1ccccc1NS(=O)(=O)c1ccc(C2CCCCC2)cc1. The zero-order chi connectivity index (χ0) is 19.3. The van der Waals surface area contributed by atoms with Crippen LogP contribution < -0.4 is 4.72 Å². The second-order valence-electron chi connectivity index (χ2n) is 6.78. The third-order valence-electron chi connectivity index (χ3n) is 4.93. The van der Waals surface area contributed by atoms with E-state index in [1.807, 2.05) is 12.1 Å². The average molecular weight is 388 g/mol. The van der Waals surface area contributed by atoms with Crippen molar-refractivity contribution in [1.82, 2.24) is 0 Å². The van der Waals surface area contributed by atoms with Crippen molar-refractivity contribution < 1.29 is 17.9 Å². The Bertz CT molecular complexity index is 885. The summed E-state index contributed by atoms with van der Waals surface area (Å²) in [5.41, 5.74) is 1.61. The highest BCUT2D eigenvalue weighted by atomic mass is 32.2. The van der Waals surface area contributed by atoms with Gasteiger partial charge < -0.3 is 4.74 Å². The topological polar surface area (TPSA) is 72.5 Å². The first-order chi connectivity index (χ1) is 13.0. The largest absolute Gasteiger partial charge is 0.462 e. The van der Waals surface area contributed by atoms with Crippen LogP contribution in [0.25, 0.3) is 0 Å². The Morgan fingerprint density at radius 2 is 1.70 bits per heavy atom. The van der Waals surface area contributed by atoms with E-state index in [-0.39, 0.29) is 22.8 Å². The summed E-state index contributed by atoms with van der Waals surface area (Å²) in [6.07, 6.45) is 6.08. The third-order valence-corrected chi connectivity index (χ3v) is 6.32. The van der Waals surface area contributed by atoms with Crippen LogP contribution in [0.4, 0.5) is 5.69 Å². The van der Waals surface area contributed by atoms with Crippen molar-refractivity contribution in [2.24, 2.45) is 0 Å². The number of rotatable bonds is 6. The van der Waals surface area contributed by atoms with Crippen LogP contribution in [0.1, 0.15) is 60.9 Å². The van der Waals surface area contributed by atoms with Gasteiger partial charge in [0.2, 0.25) is 0 Å². The summed E-state index contributed by atoms with van der Waals surface area (Å²) in [6.45, 7) is 1.93. The van der Waals surface area contributed by atoms with E-state index in [0.29, 0.717) is 5.92 Å². The molecule has 6 heteroatoms. The number of sulfonamides is 1. The molecule has 1 N–H and O–H groups in total. The molecule has 0 aliphatic heterocycles. The van der Waals surface area contributed by atoms with Gasteiger partial charge in [-0.3, -0.25) is 4.72 Å². The van der Waals surface area contributed by atoms with Gasteiger partial charge in [-0.25, -0.2) is 13.2 Å². The molecule has 1 fully saturated rings. The maximum atomic E-state index is 12.8. The van der Waals surface area contributed by atoms with E-state index in [0.717, 1.165) is 12.8 Å². The fraction of sp³-hybridized carbons (Fsp3) is 0.381. The quantitative estimate of drug-likeness (QED) is 0.729. The summed E-state index contributed by atoms with van der Waals surface area (Å²) in [5.74, 6) is -0.0311. The monoisotopic (exact) mass is 387 g/mol. The number of hydrogen-bond acceptors (Lipinski definition) is 4. The van der Waals surface area contributed by atoms with Crippen LogP contribution in [-0.2, 0) is 14.8 Å². The van der Waals surface area contributed by atoms with Crippen LogP contribution in [0.15, 0.2) is 53.4 Å². The molecular weight excluding hydrogens is 362 g/mol. The summed E-state index contributed by atoms with van der Waals surface area (Å²) in [6, 6.07) is 13.5. The summed E-state index contributed by atoms with van der Waals surface area (Å²) >= 11 is 0. The predicted octanol–water partition coefficient (Wildman–Crippen LogP) is 4.71. The molecule has 3 rings (SSSR count). The molecule has 0 aromatic heterocycles.